The fourth-order valence-corrected chi connectivity index (χ4v) is 0.795. The molecule has 1 aromatic heterocycles. The van der Waals surface area contributed by atoms with Crippen LogP contribution in [0.5, 0.6) is 0 Å². The van der Waals surface area contributed by atoms with Crippen molar-refractivity contribution < 1.29 is 0 Å². The quantitative estimate of drug-likeness (QED) is 0.584. The first kappa shape index (κ1) is 6.92. The first-order valence-corrected chi connectivity index (χ1v) is 3.33. The summed E-state index contributed by atoms with van der Waals surface area (Å²) in [5.41, 5.74) is 0. The number of anilines is 2. The van der Waals surface area contributed by atoms with E-state index >= 15 is 0 Å². The fraction of sp³-hybridized carbons (Fsp3) is 0.500. The number of aromatic nitrogens is 2. The minimum Gasteiger partial charge on any atom is -0.370 e. The third-order valence-corrected chi connectivity index (χ3v) is 1.23. The molecule has 4 nitrogen and oxygen atoms in total. The first-order chi connectivity index (χ1) is 4.88. The minimum atomic E-state index is 0.863. The Morgan fingerprint density at radius 2 is 2.50 bits per heavy atom. The van der Waals surface area contributed by atoms with Crippen LogP contribution in [-0.4, -0.2) is 23.6 Å². The van der Waals surface area contributed by atoms with Crippen molar-refractivity contribution in [2.75, 3.05) is 24.2 Å². The van der Waals surface area contributed by atoms with Crippen LogP contribution in [0, 0.1) is 0 Å². The Balaban J connectivity index is 2.70. The lowest BCUT2D eigenvalue weighted by Gasteiger charge is -2.00. The molecule has 0 aromatic carbocycles. The third kappa shape index (κ3) is 1.21. The number of nitrogens with zero attached hydrogens (tertiary/aromatic N) is 1. The topological polar surface area (TPSA) is 52.7 Å². The maximum atomic E-state index is 4.02. The lowest BCUT2D eigenvalue weighted by Crippen LogP contribution is -2.00. The monoisotopic (exact) mass is 140 g/mol. The average Bonchev–Trinajstić information content (AvgIpc) is 2.36. The molecule has 0 spiro atoms. The van der Waals surface area contributed by atoms with E-state index in [0.717, 1.165) is 18.2 Å². The number of rotatable bonds is 3. The molecule has 0 fully saturated rings. The van der Waals surface area contributed by atoms with E-state index in [1.807, 2.05) is 14.0 Å². The molecule has 1 heterocycles. The Labute approximate surface area is 60.1 Å². The number of aromatic amines is 1. The summed E-state index contributed by atoms with van der Waals surface area (Å²) in [5, 5.41) is 6.08. The molecule has 1 rings (SSSR count). The van der Waals surface area contributed by atoms with E-state index in [-0.39, 0.29) is 0 Å². The van der Waals surface area contributed by atoms with E-state index in [4.69, 9.17) is 0 Å². The summed E-state index contributed by atoms with van der Waals surface area (Å²) in [5.74, 6) is 1.81. The molecule has 0 unspecified atom stereocenters. The smallest absolute Gasteiger partial charge is 0.168 e. The number of nitrogens with one attached hydrogen (secondary N) is 3. The zero-order valence-corrected chi connectivity index (χ0v) is 6.23. The van der Waals surface area contributed by atoms with Gasteiger partial charge in [-0.1, -0.05) is 0 Å². The molecule has 0 saturated carbocycles. The van der Waals surface area contributed by atoms with Crippen molar-refractivity contribution in [3.05, 3.63) is 6.33 Å². The second-order valence-electron chi connectivity index (χ2n) is 1.91. The second-order valence-corrected chi connectivity index (χ2v) is 1.91. The third-order valence-electron chi connectivity index (χ3n) is 1.23. The summed E-state index contributed by atoms with van der Waals surface area (Å²) in [6.07, 6.45) is 1.66. The zero-order valence-electron chi connectivity index (χ0n) is 6.23. The van der Waals surface area contributed by atoms with Crippen molar-refractivity contribution in [3.63, 3.8) is 0 Å². The van der Waals surface area contributed by atoms with Gasteiger partial charge in [0.1, 0.15) is 5.82 Å². The summed E-state index contributed by atoms with van der Waals surface area (Å²) < 4.78 is 0. The van der Waals surface area contributed by atoms with Gasteiger partial charge >= 0.3 is 0 Å². The number of H-pyrrole nitrogens is 1. The van der Waals surface area contributed by atoms with Gasteiger partial charge in [-0.3, -0.25) is 0 Å². The maximum absolute atomic E-state index is 4.02. The highest BCUT2D eigenvalue weighted by Crippen LogP contribution is 2.13. The van der Waals surface area contributed by atoms with Gasteiger partial charge in [-0.05, 0) is 6.92 Å². The Morgan fingerprint density at radius 1 is 1.70 bits per heavy atom. The minimum absolute atomic E-state index is 0.863. The highest BCUT2D eigenvalue weighted by molar-refractivity contribution is 5.58. The fourth-order valence-electron chi connectivity index (χ4n) is 0.795. The summed E-state index contributed by atoms with van der Waals surface area (Å²) in [7, 11) is 1.84. The molecule has 3 N–H and O–H groups in total. The SMILES string of the molecule is CCNc1[nH]cnc1NC. The molecule has 56 valence electrons. The molecular formula is C6H12N4. The Kier molecular flexibility index (Phi) is 2.15. The van der Waals surface area contributed by atoms with Gasteiger partial charge in [0.05, 0.1) is 6.33 Å². The predicted octanol–water partition coefficient (Wildman–Crippen LogP) is 0.883. The molecule has 0 saturated heterocycles. The van der Waals surface area contributed by atoms with Gasteiger partial charge in [-0.15, -0.1) is 0 Å². The van der Waals surface area contributed by atoms with Crippen molar-refractivity contribution in [1.82, 2.24) is 9.97 Å². The standard InChI is InChI=1S/C6H12N4/c1-3-8-6-5(7-2)9-4-10-6/h4,7-8H,3H2,1-2H3,(H,9,10). The van der Waals surface area contributed by atoms with Crippen molar-refractivity contribution in [2.45, 2.75) is 6.92 Å². The molecule has 10 heavy (non-hydrogen) atoms. The van der Waals surface area contributed by atoms with Crippen LogP contribution in [0.3, 0.4) is 0 Å². The van der Waals surface area contributed by atoms with Gasteiger partial charge in [0.15, 0.2) is 5.82 Å². The maximum Gasteiger partial charge on any atom is 0.168 e. The van der Waals surface area contributed by atoms with Crippen LogP contribution >= 0.6 is 0 Å². The average molecular weight is 140 g/mol. The van der Waals surface area contributed by atoms with Crippen molar-refractivity contribution in [3.8, 4) is 0 Å². The molecule has 0 atom stereocenters. The number of imidazole rings is 1. The Bertz CT molecular complexity index is 193. The molecule has 0 aliphatic heterocycles. The van der Waals surface area contributed by atoms with Gasteiger partial charge in [0.2, 0.25) is 0 Å². The van der Waals surface area contributed by atoms with Gasteiger partial charge in [-0.2, -0.15) is 0 Å². The lowest BCUT2D eigenvalue weighted by molar-refractivity contribution is 1.18. The highest BCUT2D eigenvalue weighted by Gasteiger charge is 1.98. The van der Waals surface area contributed by atoms with Gasteiger partial charge in [0.25, 0.3) is 0 Å². The van der Waals surface area contributed by atoms with Gasteiger partial charge in [0, 0.05) is 13.6 Å². The van der Waals surface area contributed by atoms with Crippen molar-refractivity contribution >= 4 is 11.6 Å². The van der Waals surface area contributed by atoms with E-state index in [2.05, 4.69) is 20.6 Å². The van der Waals surface area contributed by atoms with Gasteiger partial charge in [-0.25, -0.2) is 4.98 Å². The van der Waals surface area contributed by atoms with E-state index in [1.54, 1.807) is 6.33 Å². The molecule has 0 radical (unpaired) electrons. The molecule has 0 bridgehead atoms. The van der Waals surface area contributed by atoms with E-state index in [0.29, 0.717) is 0 Å². The van der Waals surface area contributed by atoms with Crippen LogP contribution in [0.1, 0.15) is 6.92 Å². The van der Waals surface area contributed by atoms with Crippen molar-refractivity contribution in [1.29, 1.82) is 0 Å². The molecule has 1 aromatic rings. The van der Waals surface area contributed by atoms with Crippen LogP contribution in [0.4, 0.5) is 11.6 Å². The first-order valence-electron chi connectivity index (χ1n) is 3.33. The summed E-state index contributed by atoms with van der Waals surface area (Å²) in [6, 6.07) is 0. The van der Waals surface area contributed by atoms with Crippen LogP contribution in [0.15, 0.2) is 6.33 Å². The largest absolute Gasteiger partial charge is 0.370 e. The predicted molar refractivity (Wildman–Crippen MR) is 42.3 cm³/mol. The molecule has 0 amide bonds. The summed E-state index contributed by atoms with van der Waals surface area (Å²) >= 11 is 0. The van der Waals surface area contributed by atoms with Crippen molar-refractivity contribution in [2.24, 2.45) is 0 Å². The number of hydrogen-bond acceptors (Lipinski definition) is 3. The Morgan fingerprint density at radius 3 is 3.10 bits per heavy atom. The molecule has 4 heteroatoms. The van der Waals surface area contributed by atoms with Crippen LogP contribution in [-0.2, 0) is 0 Å². The molecular weight excluding hydrogens is 128 g/mol. The molecule has 0 aliphatic carbocycles. The lowest BCUT2D eigenvalue weighted by atomic mass is 10.6. The van der Waals surface area contributed by atoms with E-state index in [1.165, 1.54) is 0 Å². The zero-order chi connectivity index (χ0) is 7.40. The Hall–Kier alpha value is -1.19. The molecule has 0 aliphatic rings. The van der Waals surface area contributed by atoms with E-state index < -0.39 is 0 Å². The van der Waals surface area contributed by atoms with Crippen LogP contribution in [0.25, 0.3) is 0 Å². The highest BCUT2D eigenvalue weighted by atomic mass is 15.1. The number of hydrogen-bond donors (Lipinski definition) is 3. The summed E-state index contributed by atoms with van der Waals surface area (Å²) in [6.45, 7) is 2.94. The van der Waals surface area contributed by atoms with Crippen LogP contribution in [0.2, 0.25) is 0 Å². The second kappa shape index (κ2) is 3.10. The van der Waals surface area contributed by atoms with E-state index in [9.17, 15) is 0 Å². The van der Waals surface area contributed by atoms with Gasteiger partial charge < -0.3 is 15.6 Å². The van der Waals surface area contributed by atoms with Crippen LogP contribution < -0.4 is 10.6 Å². The normalized spacial score (nSPS) is 9.40. The summed E-state index contributed by atoms with van der Waals surface area (Å²) in [4.78, 5) is 7.00.